The number of hydrogen-bond donors (Lipinski definition) is 2. The van der Waals surface area contributed by atoms with Crippen LogP contribution in [0.3, 0.4) is 0 Å². The molecule has 1 aromatic carbocycles. The summed E-state index contributed by atoms with van der Waals surface area (Å²) in [5.74, 6) is 2.44. The summed E-state index contributed by atoms with van der Waals surface area (Å²) in [6.45, 7) is 0. The lowest BCUT2D eigenvalue weighted by Crippen LogP contribution is -2.59. The predicted octanol–water partition coefficient (Wildman–Crippen LogP) is 4.33. The van der Waals surface area contributed by atoms with Crippen molar-refractivity contribution in [3.8, 4) is 0 Å². The number of halogens is 1. The van der Waals surface area contributed by atoms with Gasteiger partial charge in [0.2, 0.25) is 0 Å². The molecule has 0 aliphatic heterocycles. The Kier molecular flexibility index (Phi) is 3.27. The van der Waals surface area contributed by atoms with Crippen molar-refractivity contribution in [1.82, 2.24) is 5.32 Å². The Morgan fingerprint density at radius 2 is 1.71 bits per heavy atom. The largest absolute Gasteiger partial charge is 0.347 e. The zero-order valence-electron chi connectivity index (χ0n) is 11.9. The van der Waals surface area contributed by atoms with Gasteiger partial charge in [-0.05, 0) is 74.5 Å². The number of rotatable bonds is 2. The van der Waals surface area contributed by atoms with Crippen molar-refractivity contribution in [2.45, 2.75) is 49.0 Å². The van der Waals surface area contributed by atoms with Crippen LogP contribution in [0.4, 0.5) is 0 Å². The first-order valence-electron chi connectivity index (χ1n) is 7.84. The van der Waals surface area contributed by atoms with Crippen molar-refractivity contribution in [2.75, 3.05) is 0 Å². The van der Waals surface area contributed by atoms with E-state index in [1.807, 2.05) is 6.07 Å². The Bertz CT molecular complexity index is 565. The molecule has 1 aromatic rings. The van der Waals surface area contributed by atoms with Crippen LogP contribution in [0.2, 0.25) is 5.02 Å². The average molecular weight is 322 g/mol. The van der Waals surface area contributed by atoms with E-state index in [1.54, 1.807) is 12.1 Å². The van der Waals surface area contributed by atoms with Crippen LogP contribution in [-0.2, 0) is 0 Å². The Morgan fingerprint density at radius 3 is 2.29 bits per heavy atom. The molecule has 1 N–H and O–H groups in total. The molecular weight excluding hydrogens is 302 g/mol. The van der Waals surface area contributed by atoms with Gasteiger partial charge in [0.05, 0.1) is 10.6 Å². The van der Waals surface area contributed by atoms with Crippen molar-refractivity contribution in [1.29, 1.82) is 0 Å². The van der Waals surface area contributed by atoms with E-state index < -0.39 is 0 Å². The third-order valence-corrected chi connectivity index (χ3v) is 6.22. The number of carbonyl (C=O) groups is 1. The lowest BCUT2D eigenvalue weighted by Gasteiger charge is -2.56. The zero-order valence-corrected chi connectivity index (χ0v) is 13.6. The van der Waals surface area contributed by atoms with Crippen LogP contribution in [0.25, 0.3) is 0 Å². The number of benzene rings is 1. The summed E-state index contributed by atoms with van der Waals surface area (Å²) >= 11 is 10.5. The molecule has 112 valence electrons. The second-order valence-electron chi connectivity index (χ2n) is 7.32. The van der Waals surface area contributed by atoms with Crippen LogP contribution < -0.4 is 5.32 Å². The molecule has 4 bridgehead atoms. The predicted molar refractivity (Wildman–Crippen MR) is 87.1 cm³/mol. The van der Waals surface area contributed by atoms with E-state index in [-0.39, 0.29) is 11.4 Å². The van der Waals surface area contributed by atoms with Gasteiger partial charge in [-0.2, -0.15) is 0 Å². The molecule has 1 amide bonds. The van der Waals surface area contributed by atoms with Crippen LogP contribution in [0, 0.1) is 17.8 Å². The minimum Gasteiger partial charge on any atom is -0.347 e. The Hall–Kier alpha value is -0.670. The highest BCUT2D eigenvalue weighted by Crippen LogP contribution is 2.55. The summed E-state index contributed by atoms with van der Waals surface area (Å²) in [5.41, 5.74) is 0.585. The number of amides is 1. The number of hydrogen-bond acceptors (Lipinski definition) is 2. The van der Waals surface area contributed by atoms with Gasteiger partial charge in [0, 0.05) is 10.4 Å². The Balaban J connectivity index is 1.58. The molecule has 0 radical (unpaired) electrons. The third-order valence-electron chi connectivity index (χ3n) is 5.61. The zero-order chi connectivity index (χ0) is 14.6. The minimum absolute atomic E-state index is 0.0295. The Morgan fingerprint density at radius 1 is 1.14 bits per heavy atom. The molecular formula is C17H20ClNOS. The molecule has 0 aromatic heterocycles. The topological polar surface area (TPSA) is 29.1 Å². The second kappa shape index (κ2) is 4.92. The van der Waals surface area contributed by atoms with Gasteiger partial charge in [-0.25, -0.2) is 0 Å². The van der Waals surface area contributed by atoms with Gasteiger partial charge in [0.25, 0.3) is 5.91 Å². The fourth-order valence-corrected chi connectivity index (χ4v) is 5.67. The van der Waals surface area contributed by atoms with E-state index in [1.165, 1.54) is 19.3 Å². The summed E-state index contributed by atoms with van der Waals surface area (Å²) in [6, 6.07) is 5.33. The summed E-state index contributed by atoms with van der Waals surface area (Å²) in [7, 11) is 0. The molecule has 4 heteroatoms. The molecule has 0 saturated heterocycles. The number of carbonyl (C=O) groups excluding carboxylic acids is 1. The maximum atomic E-state index is 12.7. The van der Waals surface area contributed by atoms with Gasteiger partial charge < -0.3 is 5.32 Å². The highest BCUT2D eigenvalue weighted by atomic mass is 35.5. The molecule has 0 unspecified atom stereocenters. The average Bonchev–Trinajstić information content (AvgIpc) is 2.39. The number of nitrogens with one attached hydrogen (secondary N) is 1. The molecule has 0 spiro atoms. The van der Waals surface area contributed by atoms with Gasteiger partial charge in [0.15, 0.2) is 0 Å². The molecule has 2 nitrogen and oxygen atoms in total. The molecule has 4 aliphatic rings. The van der Waals surface area contributed by atoms with Crippen LogP contribution in [0.1, 0.15) is 48.9 Å². The fraction of sp³-hybridized carbons (Fsp3) is 0.588. The molecule has 21 heavy (non-hydrogen) atoms. The number of thiol groups is 1. The van der Waals surface area contributed by atoms with Gasteiger partial charge in [-0.15, -0.1) is 12.6 Å². The quantitative estimate of drug-likeness (QED) is 0.780. The second-order valence-corrected chi connectivity index (χ2v) is 8.24. The maximum absolute atomic E-state index is 12.7. The molecule has 5 rings (SSSR count). The van der Waals surface area contributed by atoms with Crippen molar-refractivity contribution >= 4 is 30.1 Å². The van der Waals surface area contributed by atoms with Gasteiger partial charge in [-0.1, -0.05) is 11.6 Å². The summed E-state index contributed by atoms with van der Waals surface area (Å²) in [4.78, 5) is 13.4. The van der Waals surface area contributed by atoms with Crippen molar-refractivity contribution in [3.63, 3.8) is 0 Å². The third kappa shape index (κ3) is 2.49. The highest BCUT2D eigenvalue weighted by molar-refractivity contribution is 7.80. The van der Waals surface area contributed by atoms with Crippen LogP contribution in [0.15, 0.2) is 23.1 Å². The normalized spacial score (nSPS) is 36.8. The van der Waals surface area contributed by atoms with Crippen LogP contribution in [-0.4, -0.2) is 11.4 Å². The highest BCUT2D eigenvalue weighted by Gasteiger charge is 2.51. The molecule has 0 atom stereocenters. The SMILES string of the molecule is O=C(NC12CC3CC(CC(C3)C1)C2)c1cc(S)ccc1Cl. The summed E-state index contributed by atoms with van der Waals surface area (Å²) in [5, 5.41) is 3.86. The van der Waals surface area contributed by atoms with E-state index in [0.29, 0.717) is 10.6 Å². The smallest absolute Gasteiger partial charge is 0.253 e. The van der Waals surface area contributed by atoms with Crippen molar-refractivity contribution in [2.24, 2.45) is 17.8 Å². The first kappa shape index (κ1) is 14.0. The van der Waals surface area contributed by atoms with E-state index >= 15 is 0 Å². The Labute approximate surface area is 136 Å². The van der Waals surface area contributed by atoms with Crippen LogP contribution >= 0.6 is 24.2 Å². The first-order valence-corrected chi connectivity index (χ1v) is 8.66. The lowest BCUT2D eigenvalue weighted by atomic mass is 9.53. The van der Waals surface area contributed by atoms with E-state index in [9.17, 15) is 4.79 Å². The summed E-state index contributed by atoms with van der Waals surface area (Å²) < 4.78 is 0. The van der Waals surface area contributed by atoms with Crippen molar-refractivity contribution in [3.05, 3.63) is 28.8 Å². The van der Waals surface area contributed by atoms with Gasteiger partial charge in [-0.3, -0.25) is 4.79 Å². The van der Waals surface area contributed by atoms with Crippen molar-refractivity contribution < 1.29 is 4.79 Å². The lowest BCUT2D eigenvalue weighted by molar-refractivity contribution is -0.0167. The van der Waals surface area contributed by atoms with E-state index in [2.05, 4.69) is 17.9 Å². The van der Waals surface area contributed by atoms with Gasteiger partial charge >= 0.3 is 0 Å². The molecule has 4 saturated carbocycles. The summed E-state index contributed by atoms with van der Waals surface area (Å²) in [6.07, 6.45) is 7.60. The van der Waals surface area contributed by atoms with Crippen LogP contribution in [0.5, 0.6) is 0 Å². The van der Waals surface area contributed by atoms with E-state index in [0.717, 1.165) is 41.9 Å². The maximum Gasteiger partial charge on any atom is 0.253 e. The van der Waals surface area contributed by atoms with E-state index in [4.69, 9.17) is 11.6 Å². The fourth-order valence-electron chi connectivity index (χ4n) is 5.26. The van der Waals surface area contributed by atoms with Gasteiger partial charge in [0.1, 0.15) is 0 Å². The minimum atomic E-state index is -0.0298. The monoisotopic (exact) mass is 321 g/mol. The standard InChI is InChI=1S/C17H20ClNOS/c18-15-2-1-13(21)6-14(15)16(20)19-17-7-10-3-11(8-17)5-12(4-10)9-17/h1-2,6,10-12,21H,3-5,7-9H2,(H,19,20). The molecule has 4 aliphatic carbocycles. The molecule has 0 heterocycles. The molecule has 4 fully saturated rings. The first-order chi connectivity index (χ1) is 10.0.